The van der Waals surface area contributed by atoms with Gasteiger partial charge in [-0.05, 0) is 59.3 Å². The van der Waals surface area contributed by atoms with Crippen LogP contribution in [0.2, 0.25) is 0 Å². The van der Waals surface area contributed by atoms with Crippen LogP contribution < -0.4 is 5.32 Å². The third kappa shape index (κ3) is 5.18. The SMILES string of the molecule is Cc1cc(-c2cnc(C)nc2C2CCC(CNC(=O)Cc3sc(C)nc3C)CC2)on1. The molecule has 0 atom stereocenters. The molecule has 1 fully saturated rings. The van der Waals surface area contributed by atoms with Gasteiger partial charge in [0, 0.05) is 29.6 Å². The van der Waals surface area contributed by atoms with E-state index in [2.05, 4.69) is 20.4 Å². The zero-order valence-electron chi connectivity index (χ0n) is 18.6. The minimum Gasteiger partial charge on any atom is -0.356 e. The van der Waals surface area contributed by atoms with Crippen LogP contribution in [0, 0.1) is 33.6 Å². The molecule has 7 nitrogen and oxygen atoms in total. The molecule has 8 heteroatoms. The molecule has 1 saturated carbocycles. The Hall–Kier alpha value is -2.61. The van der Waals surface area contributed by atoms with E-state index in [9.17, 15) is 4.79 Å². The summed E-state index contributed by atoms with van der Waals surface area (Å²) in [7, 11) is 0. The maximum Gasteiger partial charge on any atom is 0.225 e. The summed E-state index contributed by atoms with van der Waals surface area (Å²) in [5.41, 5.74) is 3.82. The molecule has 1 aliphatic rings. The Balaban J connectivity index is 1.33. The molecule has 31 heavy (non-hydrogen) atoms. The van der Waals surface area contributed by atoms with Crippen LogP contribution in [0.3, 0.4) is 0 Å². The summed E-state index contributed by atoms with van der Waals surface area (Å²) in [6, 6.07) is 1.94. The van der Waals surface area contributed by atoms with Crippen molar-refractivity contribution >= 4 is 17.2 Å². The quantitative estimate of drug-likeness (QED) is 0.610. The normalized spacial score (nSPS) is 18.8. The maximum atomic E-state index is 12.4. The van der Waals surface area contributed by atoms with Crippen molar-refractivity contribution in [1.82, 2.24) is 25.4 Å². The molecule has 0 aliphatic heterocycles. The van der Waals surface area contributed by atoms with E-state index >= 15 is 0 Å². The van der Waals surface area contributed by atoms with Gasteiger partial charge in [0.25, 0.3) is 0 Å². The fourth-order valence-corrected chi connectivity index (χ4v) is 5.26. The van der Waals surface area contributed by atoms with Crippen molar-refractivity contribution in [3.05, 3.63) is 45.1 Å². The van der Waals surface area contributed by atoms with E-state index in [1.54, 1.807) is 11.3 Å². The molecule has 1 N–H and O–H groups in total. The molecule has 0 unspecified atom stereocenters. The molecule has 3 aromatic rings. The predicted octanol–water partition coefficient (Wildman–Crippen LogP) is 4.45. The van der Waals surface area contributed by atoms with Crippen molar-refractivity contribution in [3.63, 3.8) is 0 Å². The zero-order chi connectivity index (χ0) is 22.0. The number of rotatable bonds is 6. The van der Waals surface area contributed by atoms with Crippen LogP contribution in [0.25, 0.3) is 11.3 Å². The number of carbonyl (C=O) groups excluding carboxylic acids is 1. The summed E-state index contributed by atoms with van der Waals surface area (Å²) >= 11 is 1.61. The maximum absolute atomic E-state index is 12.4. The number of carbonyl (C=O) groups is 1. The third-order valence-corrected chi connectivity index (χ3v) is 7.05. The lowest BCUT2D eigenvalue weighted by Gasteiger charge is -2.29. The lowest BCUT2D eigenvalue weighted by molar-refractivity contribution is -0.120. The number of nitrogens with one attached hydrogen (secondary N) is 1. The van der Waals surface area contributed by atoms with Crippen LogP contribution in [0.4, 0.5) is 0 Å². The number of aromatic nitrogens is 4. The smallest absolute Gasteiger partial charge is 0.225 e. The Labute approximate surface area is 186 Å². The largest absolute Gasteiger partial charge is 0.356 e. The van der Waals surface area contributed by atoms with Crippen LogP contribution in [-0.2, 0) is 11.2 Å². The van der Waals surface area contributed by atoms with Crippen LogP contribution in [0.15, 0.2) is 16.8 Å². The number of thiazole rings is 1. The second kappa shape index (κ2) is 9.26. The van der Waals surface area contributed by atoms with Gasteiger partial charge in [0.05, 0.1) is 34.1 Å². The molecule has 3 heterocycles. The summed E-state index contributed by atoms with van der Waals surface area (Å²) in [5, 5.41) is 8.16. The first-order valence-corrected chi connectivity index (χ1v) is 11.7. The van der Waals surface area contributed by atoms with Gasteiger partial charge in [-0.3, -0.25) is 4.79 Å². The van der Waals surface area contributed by atoms with Gasteiger partial charge < -0.3 is 9.84 Å². The Kier molecular flexibility index (Phi) is 6.46. The highest BCUT2D eigenvalue weighted by atomic mass is 32.1. The van der Waals surface area contributed by atoms with E-state index in [0.717, 1.165) is 76.3 Å². The fraction of sp³-hybridized carbons (Fsp3) is 0.522. The van der Waals surface area contributed by atoms with E-state index in [0.29, 0.717) is 18.3 Å². The van der Waals surface area contributed by atoms with Gasteiger partial charge >= 0.3 is 0 Å². The Morgan fingerprint density at radius 1 is 1.16 bits per heavy atom. The standard InChI is InChI=1S/C23H29N5O2S/c1-13-9-20(30-28-13)19-12-24-15(3)27-23(19)18-7-5-17(6-8-18)11-25-22(29)10-21-14(2)26-16(4)31-21/h9,12,17-18H,5-8,10-11H2,1-4H3,(H,25,29). The fourth-order valence-electron chi connectivity index (χ4n) is 4.32. The highest BCUT2D eigenvalue weighted by Gasteiger charge is 2.27. The number of nitrogens with zero attached hydrogens (tertiary/aromatic N) is 4. The lowest BCUT2D eigenvalue weighted by Crippen LogP contribution is -2.32. The van der Waals surface area contributed by atoms with Crippen molar-refractivity contribution < 1.29 is 9.32 Å². The summed E-state index contributed by atoms with van der Waals surface area (Å²) < 4.78 is 5.49. The molecule has 1 amide bonds. The number of aryl methyl sites for hydroxylation is 4. The highest BCUT2D eigenvalue weighted by Crippen LogP contribution is 2.38. The molecule has 0 bridgehead atoms. The summed E-state index contributed by atoms with van der Waals surface area (Å²) in [6.45, 7) is 8.52. The molecular formula is C23H29N5O2S. The summed E-state index contributed by atoms with van der Waals surface area (Å²) in [6.07, 6.45) is 6.51. The molecule has 0 aromatic carbocycles. The van der Waals surface area contributed by atoms with Gasteiger partial charge in [0.1, 0.15) is 5.82 Å². The van der Waals surface area contributed by atoms with Crippen LogP contribution in [0.5, 0.6) is 0 Å². The monoisotopic (exact) mass is 439 g/mol. The first-order chi connectivity index (χ1) is 14.9. The number of hydrogen-bond acceptors (Lipinski definition) is 7. The van der Waals surface area contributed by atoms with Crippen molar-refractivity contribution in [2.75, 3.05) is 6.54 Å². The Bertz CT molecular complexity index is 1070. The van der Waals surface area contributed by atoms with Gasteiger partial charge in [0.15, 0.2) is 5.76 Å². The highest BCUT2D eigenvalue weighted by molar-refractivity contribution is 7.11. The van der Waals surface area contributed by atoms with Crippen LogP contribution >= 0.6 is 11.3 Å². The van der Waals surface area contributed by atoms with Crippen molar-refractivity contribution in [1.29, 1.82) is 0 Å². The Morgan fingerprint density at radius 2 is 1.94 bits per heavy atom. The second-order valence-electron chi connectivity index (χ2n) is 8.49. The molecule has 4 rings (SSSR count). The number of hydrogen-bond donors (Lipinski definition) is 1. The molecule has 0 saturated heterocycles. The van der Waals surface area contributed by atoms with Gasteiger partial charge in [-0.25, -0.2) is 15.0 Å². The topological polar surface area (TPSA) is 93.8 Å². The van der Waals surface area contributed by atoms with Crippen molar-refractivity contribution in [3.8, 4) is 11.3 Å². The average molecular weight is 440 g/mol. The van der Waals surface area contributed by atoms with E-state index < -0.39 is 0 Å². The van der Waals surface area contributed by atoms with Crippen molar-refractivity contribution in [2.45, 2.75) is 65.7 Å². The minimum absolute atomic E-state index is 0.0864. The third-order valence-electron chi connectivity index (χ3n) is 5.97. The summed E-state index contributed by atoms with van der Waals surface area (Å²) in [5.74, 6) is 2.47. The number of amides is 1. The molecular weight excluding hydrogens is 410 g/mol. The molecule has 0 radical (unpaired) electrons. The van der Waals surface area contributed by atoms with Crippen LogP contribution in [-0.4, -0.2) is 32.6 Å². The van der Waals surface area contributed by atoms with E-state index in [4.69, 9.17) is 9.51 Å². The second-order valence-corrected chi connectivity index (χ2v) is 9.78. The molecule has 3 aromatic heterocycles. The first kappa shape index (κ1) is 21.6. The van der Waals surface area contributed by atoms with Gasteiger partial charge in [-0.15, -0.1) is 11.3 Å². The van der Waals surface area contributed by atoms with Gasteiger partial charge in [-0.1, -0.05) is 5.16 Å². The van der Waals surface area contributed by atoms with E-state index in [1.165, 1.54) is 0 Å². The van der Waals surface area contributed by atoms with Crippen molar-refractivity contribution in [2.24, 2.45) is 5.92 Å². The Morgan fingerprint density at radius 3 is 2.58 bits per heavy atom. The molecule has 1 aliphatic carbocycles. The van der Waals surface area contributed by atoms with E-state index in [1.807, 2.05) is 40.0 Å². The predicted molar refractivity (Wildman–Crippen MR) is 120 cm³/mol. The van der Waals surface area contributed by atoms with Gasteiger partial charge in [-0.2, -0.15) is 0 Å². The average Bonchev–Trinajstić information content (AvgIpc) is 3.31. The molecule has 164 valence electrons. The lowest BCUT2D eigenvalue weighted by atomic mass is 9.79. The molecule has 0 spiro atoms. The summed E-state index contributed by atoms with van der Waals surface area (Å²) in [4.78, 5) is 27.0. The first-order valence-electron chi connectivity index (χ1n) is 10.9. The van der Waals surface area contributed by atoms with Gasteiger partial charge in [0.2, 0.25) is 5.91 Å². The van der Waals surface area contributed by atoms with Crippen LogP contribution in [0.1, 0.15) is 64.4 Å². The zero-order valence-corrected chi connectivity index (χ0v) is 19.4. The minimum atomic E-state index is 0.0864. The van der Waals surface area contributed by atoms with E-state index in [-0.39, 0.29) is 5.91 Å².